The van der Waals surface area contributed by atoms with Crippen LogP contribution in [0.3, 0.4) is 0 Å². The highest BCUT2D eigenvalue weighted by Crippen LogP contribution is 2.38. The molecule has 0 unspecified atom stereocenters. The predicted octanol–water partition coefficient (Wildman–Crippen LogP) is 9.44. The molecule has 0 fully saturated rings. The SMILES string of the molecule is C1=CCCC(n2c3ccccc3c3ccc(-c4ccc5c(c4)[nH]c4c6ccccc6ccc54)cc32)=C1. The summed E-state index contributed by atoms with van der Waals surface area (Å²) in [6.45, 7) is 0. The van der Waals surface area contributed by atoms with Crippen LogP contribution in [0.1, 0.15) is 12.8 Å². The number of hydrogen-bond donors (Lipinski definition) is 1. The largest absolute Gasteiger partial charge is 0.354 e. The van der Waals surface area contributed by atoms with Crippen LogP contribution in [0.2, 0.25) is 0 Å². The van der Waals surface area contributed by atoms with Gasteiger partial charge in [0.15, 0.2) is 0 Å². The third-order valence-corrected chi connectivity index (χ3v) is 7.78. The van der Waals surface area contributed by atoms with E-state index in [9.17, 15) is 0 Å². The molecule has 170 valence electrons. The van der Waals surface area contributed by atoms with Crippen LogP contribution in [-0.2, 0) is 0 Å². The first-order chi connectivity index (χ1) is 17.8. The molecule has 2 aromatic heterocycles. The van der Waals surface area contributed by atoms with E-state index >= 15 is 0 Å². The Kier molecular flexibility index (Phi) is 4.09. The monoisotopic (exact) mass is 460 g/mol. The molecule has 0 aliphatic heterocycles. The number of nitrogens with one attached hydrogen (secondary N) is 1. The summed E-state index contributed by atoms with van der Waals surface area (Å²) in [5, 5.41) is 7.71. The van der Waals surface area contributed by atoms with Gasteiger partial charge in [0.25, 0.3) is 0 Å². The van der Waals surface area contributed by atoms with Crippen molar-refractivity contribution in [1.29, 1.82) is 0 Å². The van der Waals surface area contributed by atoms with Gasteiger partial charge in [0, 0.05) is 38.1 Å². The van der Waals surface area contributed by atoms with E-state index in [0.29, 0.717) is 0 Å². The Hall–Kier alpha value is -4.56. The van der Waals surface area contributed by atoms with Crippen LogP contribution in [0.4, 0.5) is 0 Å². The number of aromatic nitrogens is 2. The summed E-state index contributed by atoms with van der Waals surface area (Å²) in [4.78, 5) is 3.73. The highest BCUT2D eigenvalue weighted by atomic mass is 15.0. The Bertz CT molecular complexity index is 2040. The molecular weight excluding hydrogens is 436 g/mol. The molecule has 1 N–H and O–H groups in total. The van der Waals surface area contributed by atoms with Crippen molar-refractivity contribution in [1.82, 2.24) is 9.55 Å². The maximum absolute atomic E-state index is 3.73. The highest BCUT2D eigenvalue weighted by molar-refractivity contribution is 6.17. The molecule has 2 heteroatoms. The van der Waals surface area contributed by atoms with Crippen LogP contribution in [-0.4, -0.2) is 9.55 Å². The van der Waals surface area contributed by atoms with Crippen molar-refractivity contribution in [2.45, 2.75) is 12.8 Å². The van der Waals surface area contributed by atoms with Crippen molar-refractivity contribution in [3.05, 3.63) is 115 Å². The quantitative estimate of drug-likeness (QED) is 0.265. The van der Waals surface area contributed by atoms with Crippen molar-refractivity contribution < 1.29 is 0 Å². The average molecular weight is 461 g/mol. The Morgan fingerprint density at radius 3 is 2.25 bits per heavy atom. The molecule has 8 rings (SSSR count). The standard InChI is InChI=1S/C34H24N2/c1-2-9-25(10-3-1)36-32-13-7-6-12-28(32)29-18-16-24(21-33(29)36)23-15-17-27-30-19-14-22-8-4-5-11-26(22)34(30)35-31(27)20-23/h1-2,4-9,11-21,35H,3,10H2. The third-order valence-electron chi connectivity index (χ3n) is 7.78. The van der Waals surface area contributed by atoms with Gasteiger partial charge in [-0.2, -0.15) is 0 Å². The molecule has 5 aromatic carbocycles. The van der Waals surface area contributed by atoms with E-state index < -0.39 is 0 Å². The number of fused-ring (bicyclic) bond motifs is 8. The smallest absolute Gasteiger partial charge is 0.0544 e. The van der Waals surface area contributed by atoms with Gasteiger partial charge in [-0.25, -0.2) is 0 Å². The first kappa shape index (κ1) is 19.7. The minimum Gasteiger partial charge on any atom is -0.354 e. The lowest BCUT2D eigenvalue weighted by molar-refractivity contribution is 0.979. The topological polar surface area (TPSA) is 20.7 Å². The first-order valence-corrected chi connectivity index (χ1v) is 12.7. The van der Waals surface area contributed by atoms with Crippen LogP contribution >= 0.6 is 0 Å². The fraction of sp³-hybridized carbons (Fsp3) is 0.0588. The van der Waals surface area contributed by atoms with Gasteiger partial charge >= 0.3 is 0 Å². The lowest BCUT2D eigenvalue weighted by Gasteiger charge is -2.14. The number of nitrogens with zero attached hydrogens (tertiary/aromatic N) is 1. The van der Waals surface area contributed by atoms with Crippen molar-refractivity contribution >= 4 is 60.1 Å². The van der Waals surface area contributed by atoms with Crippen LogP contribution in [0.5, 0.6) is 0 Å². The minimum absolute atomic E-state index is 1.06. The summed E-state index contributed by atoms with van der Waals surface area (Å²) in [5.41, 5.74) is 8.78. The molecule has 36 heavy (non-hydrogen) atoms. The first-order valence-electron chi connectivity index (χ1n) is 12.7. The fourth-order valence-electron chi connectivity index (χ4n) is 6.06. The lowest BCUT2D eigenvalue weighted by atomic mass is 10.0. The van der Waals surface area contributed by atoms with Crippen LogP contribution in [0, 0.1) is 0 Å². The third kappa shape index (κ3) is 2.79. The molecule has 0 saturated carbocycles. The van der Waals surface area contributed by atoms with Gasteiger partial charge in [-0.05, 0) is 53.6 Å². The van der Waals surface area contributed by atoms with Gasteiger partial charge in [0.1, 0.15) is 0 Å². The summed E-state index contributed by atoms with van der Waals surface area (Å²) >= 11 is 0. The molecule has 2 nitrogen and oxygen atoms in total. The fourth-order valence-corrected chi connectivity index (χ4v) is 6.06. The molecular formula is C34H24N2. The molecule has 0 atom stereocenters. The van der Waals surface area contributed by atoms with E-state index in [-0.39, 0.29) is 0 Å². The van der Waals surface area contributed by atoms with Gasteiger partial charge in [-0.3, -0.25) is 0 Å². The summed E-state index contributed by atoms with van der Waals surface area (Å²) in [7, 11) is 0. The number of hydrogen-bond acceptors (Lipinski definition) is 0. The summed E-state index contributed by atoms with van der Waals surface area (Å²) < 4.78 is 2.46. The average Bonchev–Trinajstić information content (AvgIpc) is 3.48. The molecule has 0 amide bonds. The molecule has 7 aromatic rings. The zero-order chi connectivity index (χ0) is 23.6. The number of benzene rings is 5. The van der Waals surface area contributed by atoms with E-state index in [2.05, 4.69) is 125 Å². The van der Waals surface area contributed by atoms with Gasteiger partial charge in [0.2, 0.25) is 0 Å². The van der Waals surface area contributed by atoms with Crippen molar-refractivity contribution in [3.63, 3.8) is 0 Å². The second-order valence-electron chi connectivity index (χ2n) is 9.80. The summed E-state index contributed by atoms with van der Waals surface area (Å²) in [5.74, 6) is 0. The Morgan fingerprint density at radius 1 is 0.611 bits per heavy atom. The lowest BCUT2D eigenvalue weighted by Crippen LogP contribution is -1.98. The molecule has 0 saturated heterocycles. The minimum atomic E-state index is 1.06. The van der Waals surface area contributed by atoms with Crippen molar-refractivity contribution in [2.24, 2.45) is 0 Å². The highest BCUT2D eigenvalue weighted by Gasteiger charge is 2.15. The van der Waals surface area contributed by atoms with Gasteiger partial charge in [-0.15, -0.1) is 0 Å². The maximum Gasteiger partial charge on any atom is 0.0544 e. The van der Waals surface area contributed by atoms with E-state index in [1.165, 1.54) is 71.2 Å². The van der Waals surface area contributed by atoms with Crippen LogP contribution in [0.15, 0.2) is 115 Å². The van der Waals surface area contributed by atoms with Gasteiger partial charge in [0.05, 0.1) is 16.6 Å². The predicted molar refractivity (Wildman–Crippen MR) is 154 cm³/mol. The molecule has 0 bridgehead atoms. The van der Waals surface area contributed by atoms with E-state index in [1.807, 2.05) is 0 Å². The number of aromatic amines is 1. The van der Waals surface area contributed by atoms with E-state index in [0.717, 1.165) is 12.8 Å². The second-order valence-corrected chi connectivity index (χ2v) is 9.80. The molecule has 2 heterocycles. The molecule has 1 aliphatic rings. The zero-order valence-corrected chi connectivity index (χ0v) is 19.8. The maximum atomic E-state index is 3.73. The number of rotatable bonds is 2. The second kappa shape index (κ2) is 7.47. The van der Waals surface area contributed by atoms with Gasteiger partial charge in [-0.1, -0.05) is 91.0 Å². The molecule has 0 spiro atoms. The van der Waals surface area contributed by atoms with Gasteiger partial charge < -0.3 is 9.55 Å². The van der Waals surface area contributed by atoms with Crippen molar-refractivity contribution in [2.75, 3.05) is 0 Å². The summed E-state index contributed by atoms with van der Waals surface area (Å²) in [6.07, 6.45) is 8.86. The van der Waals surface area contributed by atoms with E-state index in [1.54, 1.807) is 0 Å². The normalized spacial score (nSPS) is 13.9. The zero-order valence-electron chi connectivity index (χ0n) is 19.8. The van der Waals surface area contributed by atoms with E-state index in [4.69, 9.17) is 0 Å². The van der Waals surface area contributed by atoms with Crippen LogP contribution < -0.4 is 0 Å². The Morgan fingerprint density at radius 2 is 1.36 bits per heavy atom. The number of para-hydroxylation sites is 1. The summed E-state index contributed by atoms with van der Waals surface area (Å²) in [6, 6.07) is 35.6. The number of allylic oxidation sites excluding steroid dienone is 4. The Balaban J connectivity index is 1.35. The number of H-pyrrole nitrogens is 1. The molecule has 0 radical (unpaired) electrons. The molecule has 1 aliphatic carbocycles. The Labute approximate surface area is 208 Å². The van der Waals surface area contributed by atoms with Crippen LogP contribution in [0.25, 0.3) is 71.2 Å². The van der Waals surface area contributed by atoms with Crippen molar-refractivity contribution in [3.8, 4) is 11.1 Å².